The van der Waals surface area contributed by atoms with Crippen LogP contribution in [0.5, 0.6) is 5.75 Å². The fraction of sp³-hybridized carbons (Fsp3) is 0.333. The molecule has 5 nitrogen and oxygen atoms in total. The first-order chi connectivity index (χ1) is 11.9. The van der Waals surface area contributed by atoms with Gasteiger partial charge in [-0.15, -0.1) is 0 Å². The van der Waals surface area contributed by atoms with Gasteiger partial charge in [0.2, 0.25) is 10.0 Å². The smallest absolute Gasteiger partial charge is 0.240 e. The standard InChI is InChI=1S/C18H22BrNO4S/c1-3-17(13-4-8-15(24-2)9-5-13)18(12-21)20-25(22,23)16-10-6-14(19)7-11-16/h4-11,17-18,20-21H,3,12H2,1-2H3/t17-,18+/m0/s1. The van der Waals surface area contributed by atoms with Crippen molar-refractivity contribution in [3.8, 4) is 5.75 Å². The van der Waals surface area contributed by atoms with E-state index in [2.05, 4.69) is 20.7 Å². The van der Waals surface area contributed by atoms with Crippen LogP contribution in [-0.4, -0.2) is 33.3 Å². The molecule has 2 atom stereocenters. The zero-order valence-corrected chi connectivity index (χ0v) is 16.5. The minimum absolute atomic E-state index is 0.152. The van der Waals surface area contributed by atoms with Gasteiger partial charge in [0.05, 0.1) is 24.7 Å². The number of nitrogens with one attached hydrogen (secondary N) is 1. The van der Waals surface area contributed by atoms with Crippen LogP contribution in [0.15, 0.2) is 57.9 Å². The molecule has 2 aromatic carbocycles. The maximum absolute atomic E-state index is 12.6. The molecule has 2 aromatic rings. The Hall–Kier alpha value is -1.41. The highest BCUT2D eigenvalue weighted by atomic mass is 79.9. The number of methoxy groups -OCH3 is 1. The molecule has 2 N–H and O–H groups in total. The van der Waals surface area contributed by atoms with Crippen LogP contribution >= 0.6 is 15.9 Å². The minimum atomic E-state index is -3.72. The number of ether oxygens (including phenoxy) is 1. The van der Waals surface area contributed by atoms with Crippen molar-refractivity contribution >= 4 is 26.0 Å². The Kier molecular flexibility index (Phi) is 7.01. The van der Waals surface area contributed by atoms with E-state index in [1.807, 2.05) is 31.2 Å². The summed E-state index contributed by atoms with van der Waals surface area (Å²) >= 11 is 3.29. The third kappa shape index (κ3) is 5.04. The molecule has 0 heterocycles. The molecule has 0 saturated heterocycles. The molecule has 0 aliphatic heterocycles. The van der Waals surface area contributed by atoms with Gasteiger partial charge in [-0.1, -0.05) is 35.0 Å². The number of hydrogen-bond acceptors (Lipinski definition) is 4. The Morgan fingerprint density at radius 2 is 1.72 bits per heavy atom. The predicted octanol–water partition coefficient (Wildman–Crippen LogP) is 3.29. The minimum Gasteiger partial charge on any atom is -0.497 e. The lowest BCUT2D eigenvalue weighted by molar-refractivity contribution is 0.236. The topological polar surface area (TPSA) is 75.6 Å². The summed E-state index contributed by atoms with van der Waals surface area (Å²) in [7, 11) is -2.13. The lowest BCUT2D eigenvalue weighted by atomic mass is 9.90. The van der Waals surface area contributed by atoms with Crippen molar-refractivity contribution in [2.24, 2.45) is 0 Å². The van der Waals surface area contributed by atoms with Gasteiger partial charge in [0, 0.05) is 10.4 Å². The number of rotatable bonds is 8. The first kappa shape index (κ1) is 19.9. The van der Waals surface area contributed by atoms with E-state index < -0.39 is 16.1 Å². The van der Waals surface area contributed by atoms with Gasteiger partial charge < -0.3 is 9.84 Å². The molecule has 0 spiro atoms. The number of hydrogen-bond donors (Lipinski definition) is 2. The highest BCUT2D eigenvalue weighted by Crippen LogP contribution is 2.26. The Bertz CT molecular complexity index is 776. The van der Waals surface area contributed by atoms with Gasteiger partial charge in [-0.2, -0.15) is 0 Å². The third-order valence-electron chi connectivity index (χ3n) is 4.10. The summed E-state index contributed by atoms with van der Waals surface area (Å²) in [6.07, 6.45) is 0.681. The largest absolute Gasteiger partial charge is 0.497 e. The van der Waals surface area contributed by atoms with Crippen LogP contribution in [0.3, 0.4) is 0 Å². The number of halogens is 1. The van der Waals surface area contributed by atoms with E-state index in [9.17, 15) is 13.5 Å². The first-order valence-electron chi connectivity index (χ1n) is 7.94. The fourth-order valence-electron chi connectivity index (χ4n) is 2.73. The van der Waals surface area contributed by atoms with Gasteiger partial charge in [-0.25, -0.2) is 13.1 Å². The van der Waals surface area contributed by atoms with Gasteiger partial charge in [-0.3, -0.25) is 0 Å². The molecule has 25 heavy (non-hydrogen) atoms. The van der Waals surface area contributed by atoms with Gasteiger partial charge in [-0.05, 0) is 48.4 Å². The van der Waals surface area contributed by atoms with E-state index in [0.717, 1.165) is 15.8 Å². The Labute approximate surface area is 157 Å². The van der Waals surface area contributed by atoms with Crippen molar-refractivity contribution in [1.82, 2.24) is 4.72 Å². The quantitative estimate of drug-likeness (QED) is 0.677. The number of aliphatic hydroxyl groups excluding tert-OH is 1. The normalized spacial score (nSPS) is 14.1. The number of aliphatic hydroxyl groups is 1. The average Bonchev–Trinajstić information content (AvgIpc) is 2.62. The lowest BCUT2D eigenvalue weighted by Crippen LogP contribution is -2.41. The molecule has 136 valence electrons. The van der Waals surface area contributed by atoms with Crippen molar-refractivity contribution in [2.75, 3.05) is 13.7 Å². The molecule has 7 heteroatoms. The molecule has 0 unspecified atom stereocenters. The van der Waals surface area contributed by atoms with E-state index in [0.29, 0.717) is 6.42 Å². The summed E-state index contributed by atoms with van der Waals surface area (Å²) in [5, 5.41) is 9.78. The number of benzene rings is 2. The molecule has 0 aromatic heterocycles. The Balaban J connectivity index is 2.25. The molecular weight excluding hydrogens is 406 g/mol. The van der Waals surface area contributed by atoms with Gasteiger partial charge in [0.15, 0.2) is 0 Å². The summed E-state index contributed by atoms with van der Waals surface area (Å²) in [4.78, 5) is 0.165. The zero-order chi connectivity index (χ0) is 18.4. The molecule has 0 aliphatic rings. The highest BCUT2D eigenvalue weighted by molar-refractivity contribution is 9.10. The summed E-state index contributed by atoms with van der Waals surface area (Å²) in [5.74, 6) is 0.579. The SMILES string of the molecule is CC[C@@H](c1ccc(OC)cc1)[C@@H](CO)NS(=O)(=O)c1ccc(Br)cc1. The zero-order valence-electron chi connectivity index (χ0n) is 14.1. The summed E-state index contributed by atoms with van der Waals surface area (Å²) in [6.45, 7) is 1.67. The van der Waals surface area contributed by atoms with E-state index in [-0.39, 0.29) is 17.4 Å². The molecule has 0 aliphatic carbocycles. The van der Waals surface area contributed by atoms with Crippen LogP contribution in [-0.2, 0) is 10.0 Å². The lowest BCUT2D eigenvalue weighted by Gasteiger charge is -2.26. The molecule has 0 radical (unpaired) electrons. The van der Waals surface area contributed by atoms with Gasteiger partial charge in [0.1, 0.15) is 5.75 Å². The van der Waals surface area contributed by atoms with E-state index in [1.54, 1.807) is 19.2 Å². The maximum Gasteiger partial charge on any atom is 0.240 e. The fourth-order valence-corrected chi connectivity index (χ4v) is 4.26. The van der Waals surface area contributed by atoms with Crippen LogP contribution in [0.4, 0.5) is 0 Å². The second kappa shape index (κ2) is 8.80. The predicted molar refractivity (Wildman–Crippen MR) is 101 cm³/mol. The monoisotopic (exact) mass is 427 g/mol. The Morgan fingerprint density at radius 1 is 1.12 bits per heavy atom. The van der Waals surface area contributed by atoms with Crippen molar-refractivity contribution in [3.05, 3.63) is 58.6 Å². The molecule has 0 saturated carbocycles. The molecule has 0 fully saturated rings. The van der Waals surface area contributed by atoms with Crippen LogP contribution in [0, 0.1) is 0 Å². The number of sulfonamides is 1. The van der Waals surface area contributed by atoms with Crippen LogP contribution < -0.4 is 9.46 Å². The van der Waals surface area contributed by atoms with Crippen molar-refractivity contribution in [2.45, 2.75) is 30.2 Å². The van der Waals surface area contributed by atoms with Gasteiger partial charge in [0.25, 0.3) is 0 Å². The average molecular weight is 428 g/mol. The van der Waals surface area contributed by atoms with Crippen LogP contribution in [0.2, 0.25) is 0 Å². The maximum atomic E-state index is 12.6. The molecule has 2 rings (SSSR count). The van der Waals surface area contributed by atoms with E-state index in [1.165, 1.54) is 12.1 Å². The van der Waals surface area contributed by atoms with Crippen molar-refractivity contribution in [3.63, 3.8) is 0 Å². The third-order valence-corrected chi connectivity index (χ3v) is 6.13. The summed E-state index contributed by atoms with van der Waals surface area (Å²) < 4.78 is 33.8. The van der Waals surface area contributed by atoms with Crippen molar-refractivity contribution in [1.29, 1.82) is 0 Å². The molecular formula is C18H22BrNO4S. The molecule has 0 bridgehead atoms. The van der Waals surface area contributed by atoms with Crippen LogP contribution in [0.1, 0.15) is 24.8 Å². The second-order valence-corrected chi connectivity index (χ2v) is 8.28. The summed E-state index contributed by atoms with van der Waals surface area (Å²) in [5.41, 5.74) is 0.945. The second-order valence-electron chi connectivity index (χ2n) is 5.65. The van der Waals surface area contributed by atoms with E-state index in [4.69, 9.17) is 4.74 Å². The first-order valence-corrected chi connectivity index (χ1v) is 10.2. The van der Waals surface area contributed by atoms with Gasteiger partial charge >= 0.3 is 0 Å². The Morgan fingerprint density at radius 3 is 2.20 bits per heavy atom. The molecule has 0 amide bonds. The van der Waals surface area contributed by atoms with Crippen LogP contribution in [0.25, 0.3) is 0 Å². The summed E-state index contributed by atoms with van der Waals surface area (Å²) in [6, 6.07) is 13.2. The van der Waals surface area contributed by atoms with Crippen molar-refractivity contribution < 1.29 is 18.3 Å². The van der Waals surface area contributed by atoms with E-state index >= 15 is 0 Å². The highest BCUT2D eigenvalue weighted by Gasteiger charge is 2.27.